The lowest BCUT2D eigenvalue weighted by atomic mass is 10.1. The van der Waals surface area contributed by atoms with Gasteiger partial charge in [-0.1, -0.05) is 6.07 Å². The van der Waals surface area contributed by atoms with Gasteiger partial charge < -0.3 is 9.72 Å². The van der Waals surface area contributed by atoms with Crippen LogP contribution in [0.1, 0.15) is 15.9 Å². The number of rotatable bonds is 1. The number of aromatic amines is 1. The predicted molar refractivity (Wildman–Crippen MR) is 67.1 cm³/mol. The highest BCUT2D eigenvalue weighted by Crippen LogP contribution is 2.25. The SMILES string of the molecule is COC(=O)c1ccc2c(I)c[nH]c2c1C#N. The summed E-state index contributed by atoms with van der Waals surface area (Å²) in [5.41, 5.74) is 1.29. The van der Waals surface area contributed by atoms with Crippen LogP contribution in [0.2, 0.25) is 0 Å². The Hall–Kier alpha value is -1.55. The maximum atomic E-state index is 11.5. The number of methoxy groups -OCH3 is 1. The fraction of sp³-hybridized carbons (Fsp3) is 0.0909. The van der Waals surface area contributed by atoms with Crippen LogP contribution in [0.5, 0.6) is 0 Å². The number of carbonyl (C=O) groups excluding carboxylic acids is 1. The van der Waals surface area contributed by atoms with E-state index in [4.69, 9.17) is 5.26 Å². The molecule has 0 aliphatic carbocycles. The molecule has 1 heterocycles. The molecule has 2 rings (SSSR count). The number of esters is 1. The molecule has 0 unspecified atom stereocenters. The van der Waals surface area contributed by atoms with Crippen LogP contribution >= 0.6 is 22.6 Å². The molecule has 0 atom stereocenters. The van der Waals surface area contributed by atoms with Crippen LogP contribution in [-0.2, 0) is 4.74 Å². The summed E-state index contributed by atoms with van der Waals surface area (Å²) in [5.74, 6) is -0.497. The van der Waals surface area contributed by atoms with Crippen molar-refractivity contribution in [3.8, 4) is 6.07 Å². The number of hydrogen-bond donors (Lipinski definition) is 1. The number of carbonyl (C=O) groups is 1. The Morgan fingerprint density at radius 1 is 1.56 bits per heavy atom. The number of ether oxygens (including phenoxy) is 1. The van der Waals surface area contributed by atoms with Gasteiger partial charge in [-0.25, -0.2) is 4.79 Å². The summed E-state index contributed by atoms with van der Waals surface area (Å²) >= 11 is 2.17. The average molecular weight is 326 g/mol. The molecular weight excluding hydrogens is 319 g/mol. The van der Waals surface area contributed by atoms with Crippen LogP contribution in [0.3, 0.4) is 0 Å². The molecule has 0 fully saturated rings. The van der Waals surface area contributed by atoms with Gasteiger partial charge in [-0.3, -0.25) is 0 Å². The lowest BCUT2D eigenvalue weighted by Gasteiger charge is -2.02. The minimum Gasteiger partial charge on any atom is -0.465 e. The van der Waals surface area contributed by atoms with E-state index in [2.05, 4.69) is 32.3 Å². The lowest BCUT2D eigenvalue weighted by Crippen LogP contribution is -2.04. The molecule has 16 heavy (non-hydrogen) atoms. The summed E-state index contributed by atoms with van der Waals surface area (Å²) in [7, 11) is 1.30. The minimum atomic E-state index is -0.497. The zero-order valence-electron chi connectivity index (χ0n) is 8.37. The largest absolute Gasteiger partial charge is 0.465 e. The second kappa shape index (κ2) is 4.14. The molecule has 0 saturated carbocycles. The quantitative estimate of drug-likeness (QED) is 0.647. The first-order chi connectivity index (χ1) is 7.69. The van der Waals surface area contributed by atoms with Crippen molar-refractivity contribution in [2.45, 2.75) is 0 Å². The fourth-order valence-electron chi connectivity index (χ4n) is 1.56. The first kappa shape index (κ1) is 11.0. The maximum absolute atomic E-state index is 11.5. The molecule has 0 spiro atoms. The Morgan fingerprint density at radius 3 is 2.94 bits per heavy atom. The number of aromatic nitrogens is 1. The van der Waals surface area contributed by atoms with Gasteiger partial charge in [0.1, 0.15) is 6.07 Å². The average Bonchev–Trinajstić information content (AvgIpc) is 2.69. The number of fused-ring (bicyclic) bond motifs is 1. The Morgan fingerprint density at radius 2 is 2.31 bits per heavy atom. The predicted octanol–water partition coefficient (Wildman–Crippen LogP) is 2.43. The van der Waals surface area contributed by atoms with Gasteiger partial charge in [0.15, 0.2) is 0 Å². The summed E-state index contributed by atoms with van der Waals surface area (Å²) < 4.78 is 5.64. The second-order valence-corrected chi connectivity index (χ2v) is 4.31. The van der Waals surface area contributed by atoms with Crippen molar-refractivity contribution in [3.63, 3.8) is 0 Å². The van der Waals surface area contributed by atoms with Gasteiger partial charge in [0, 0.05) is 15.2 Å². The van der Waals surface area contributed by atoms with Crippen LogP contribution in [0, 0.1) is 14.9 Å². The van der Waals surface area contributed by atoms with E-state index in [-0.39, 0.29) is 5.56 Å². The molecule has 4 nitrogen and oxygen atoms in total. The standard InChI is InChI=1S/C11H7IN2O2/c1-16-11(15)6-2-3-7-9(12)5-14-10(7)8(6)4-13/h2-3,5,14H,1H3. The molecule has 1 aromatic heterocycles. The Kier molecular flexibility index (Phi) is 2.83. The highest BCUT2D eigenvalue weighted by molar-refractivity contribution is 14.1. The number of halogens is 1. The highest BCUT2D eigenvalue weighted by Gasteiger charge is 2.16. The van der Waals surface area contributed by atoms with Crippen molar-refractivity contribution < 1.29 is 9.53 Å². The summed E-state index contributed by atoms with van der Waals surface area (Å²) in [6.07, 6.45) is 1.80. The van der Waals surface area contributed by atoms with Crippen molar-refractivity contribution in [2.24, 2.45) is 0 Å². The zero-order valence-corrected chi connectivity index (χ0v) is 10.5. The summed E-state index contributed by atoms with van der Waals surface area (Å²) in [6.45, 7) is 0. The van der Waals surface area contributed by atoms with E-state index in [0.29, 0.717) is 11.1 Å². The van der Waals surface area contributed by atoms with Gasteiger partial charge in [-0.15, -0.1) is 0 Å². The van der Waals surface area contributed by atoms with E-state index in [9.17, 15) is 4.79 Å². The monoisotopic (exact) mass is 326 g/mol. The first-order valence-electron chi connectivity index (χ1n) is 4.47. The number of hydrogen-bond acceptors (Lipinski definition) is 3. The second-order valence-electron chi connectivity index (χ2n) is 3.15. The van der Waals surface area contributed by atoms with Gasteiger partial charge in [0.05, 0.1) is 23.8 Å². The Bertz CT molecular complexity index is 610. The van der Waals surface area contributed by atoms with Gasteiger partial charge in [0.2, 0.25) is 0 Å². The smallest absolute Gasteiger partial charge is 0.339 e. The molecule has 0 amide bonds. The summed E-state index contributed by atoms with van der Waals surface area (Å²) in [4.78, 5) is 14.4. The molecule has 0 saturated heterocycles. The van der Waals surface area contributed by atoms with E-state index in [1.54, 1.807) is 18.3 Å². The van der Waals surface area contributed by atoms with E-state index >= 15 is 0 Å². The van der Waals surface area contributed by atoms with Crippen molar-refractivity contribution in [1.82, 2.24) is 4.98 Å². The number of H-pyrrole nitrogens is 1. The van der Waals surface area contributed by atoms with Crippen LogP contribution in [0.25, 0.3) is 10.9 Å². The van der Waals surface area contributed by atoms with E-state index in [0.717, 1.165) is 8.96 Å². The molecule has 0 radical (unpaired) electrons. The van der Waals surface area contributed by atoms with Gasteiger partial charge in [-0.05, 0) is 28.7 Å². The number of nitriles is 1. The topological polar surface area (TPSA) is 65.9 Å². The zero-order chi connectivity index (χ0) is 11.7. The van der Waals surface area contributed by atoms with Crippen LogP contribution in [0.15, 0.2) is 18.3 Å². The van der Waals surface area contributed by atoms with Crippen LogP contribution in [0.4, 0.5) is 0 Å². The Labute approximate surface area is 105 Å². The molecule has 1 N–H and O–H groups in total. The molecule has 0 aliphatic heterocycles. The minimum absolute atomic E-state index is 0.288. The molecular formula is C11H7IN2O2. The van der Waals surface area contributed by atoms with Crippen molar-refractivity contribution in [1.29, 1.82) is 5.26 Å². The van der Waals surface area contributed by atoms with E-state index in [1.807, 2.05) is 6.07 Å². The Balaban J connectivity index is 2.79. The van der Waals surface area contributed by atoms with E-state index < -0.39 is 5.97 Å². The first-order valence-corrected chi connectivity index (χ1v) is 5.55. The van der Waals surface area contributed by atoms with Crippen molar-refractivity contribution in [2.75, 3.05) is 7.11 Å². The number of benzene rings is 1. The van der Waals surface area contributed by atoms with Crippen molar-refractivity contribution in [3.05, 3.63) is 33.0 Å². The number of nitrogens with zero attached hydrogens (tertiary/aromatic N) is 1. The lowest BCUT2D eigenvalue weighted by molar-refractivity contribution is 0.0600. The maximum Gasteiger partial charge on any atom is 0.339 e. The molecule has 0 aliphatic rings. The summed E-state index contributed by atoms with van der Waals surface area (Å²) in [5, 5.41) is 10.0. The molecule has 0 bridgehead atoms. The van der Waals surface area contributed by atoms with Gasteiger partial charge in [0.25, 0.3) is 0 Å². The fourth-order valence-corrected chi connectivity index (χ4v) is 2.17. The van der Waals surface area contributed by atoms with Crippen molar-refractivity contribution >= 4 is 39.5 Å². The third-order valence-corrected chi connectivity index (χ3v) is 3.22. The third kappa shape index (κ3) is 1.55. The van der Waals surface area contributed by atoms with E-state index in [1.165, 1.54) is 7.11 Å². The van der Waals surface area contributed by atoms with Gasteiger partial charge >= 0.3 is 5.97 Å². The third-order valence-electron chi connectivity index (χ3n) is 2.32. The normalized spacial score (nSPS) is 10.1. The van der Waals surface area contributed by atoms with Gasteiger partial charge in [-0.2, -0.15) is 5.26 Å². The molecule has 5 heteroatoms. The molecule has 2 aromatic rings. The molecule has 1 aromatic carbocycles. The number of nitrogens with one attached hydrogen (secondary N) is 1. The van der Waals surface area contributed by atoms with Crippen LogP contribution < -0.4 is 0 Å². The summed E-state index contributed by atoms with van der Waals surface area (Å²) in [6, 6.07) is 5.45. The molecule has 80 valence electrons. The van der Waals surface area contributed by atoms with Crippen LogP contribution in [-0.4, -0.2) is 18.1 Å². The highest BCUT2D eigenvalue weighted by atomic mass is 127.